The van der Waals surface area contributed by atoms with Crippen LogP contribution in [0.2, 0.25) is 0 Å². The maximum atomic E-state index is 14.8. The molecule has 3 atom stereocenters. The fraction of sp³-hybridized carbons (Fsp3) is 0.600. The second-order valence-electron chi connectivity index (χ2n) is 8.11. The number of halogens is 2. The number of nitrogens with zero attached hydrogens (tertiary/aromatic N) is 4. The van der Waals surface area contributed by atoms with Crippen LogP contribution in [0.3, 0.4) is 0 Å². The number of fused-ring (bicyclic) bond motifs is 1. The Hall–Kier alpha value is -2.44. The molecule has 32 heavy (non-hydrogen) atoms. The number of carboxylic acids is 1. The number of amidine groups is 1. The van der Waals surface area contributed by atoms with Gasteiger partial charge in [0.15, 0.2) is 10.8 Å². The topological polar surface area (TPSA) is 107 Å². The summed E-state index contributed by atoms with van der Waals surface area (Å²) in [5, 5.41) is 14.8. The summed E-state index contributed by atoms with van der Waals surface area (Å²) in [6.07, 6.45) is 1.64. The van der Waals surface area contributed by atoms with E-state index in [9.17, 15) is 23.5 Å². The van der Waals surface area contributed by atoms with Gasteiger partial charge in [0, 0.05) is 43.0 Å². The van der Waals surface area contributed by atoms with E-state index >= 15 is 0 Å². The van der Waals surface area contributed by atoms with Crippen LogP contribution in [0.4, 0.5) is 8.78 Å². The number of aliphatic carboxylic acids is 1. The maximum absolute atomic E-state index is 14.8. The van der Waals surface area contributed by atoms with Crippen LogP contribution in [0.15, 0.2) is 27.8 Å². The van der Waals surface area contributed by atoms with E-state index in [4.69, 9.17) is 4.74 Å². The van der Waals surface area contributed by atoms with Crippen LogP contribution in [-0.2, 0) is 14.3 Å². The number of carbonyl (C=O) groups is 2. The summed E-state index contributed by atoms with van der Waals surface area (Å²) in [5.41, 5.74) is 0.762. The molecule has 4 rings (SSSR count). The Morgan fingerprint density at radius 3 is 2.88 bits per heavy atom. The summed E-state index contributed by atoms with van der Waals surface area (Å²) in [5.74, 6) is -5.01. The van der Waals surface area contributed by atoms with Crippen molar-refractivity contribution in [1.82, 2.24) is 20.1 Å². The fourth-order valence-corrected chi connectivity index (χ4v) is 5.07. The van der Waals surface area contributed by atoms with Gasteiger partial charge in [-0.2, -0.15) is 0 Å². The van der Waals surface area contributed by atoms with E-state index in [0.29, 0.717) is 22.1 Å². The third-order valence-corrected chi connectivity index (χ3v) is 6.97. The average Bonchev–Trinajstić information content (AvgIpc) is 3.46. The van der Waals surface area contributed by atoms with Crippen LogP contribution >= 0.6 is 11.3 Å². The molecule has 12 heteroatoms. The van der Waals surface area contributed by atoms with Gasteiger partial charge in [0.05, 0.1) is 31.2 Å². The predicted octanol–water partition coefficient (Wildman–Crippen LogP) is 1.03. The molecule has 2 N–H and O–H groups in total. The van der Waals surface area contributed by atoms with Crippen molar-refractivity contribution in [1.29, 1.82) is 0 Å². The molecule has 3 aliphatic heterocycles. The zero-order valence-electron chi connectivity index (χ0n) is 17.8. The van der Waals surface area contributed by atoms with Crippen molar-refractivity contribution in [3.05, 3.63) is 27.9 Å². The van der Waals surface area contributed by atoms with Crippen molar-refractivity contribution >= 4 is 29.1 Å². The SMILES string of the molecule is CCOC(=O)C1=C(CN2CC(F)(F)C3CN(C(C)C(=O)O)CC32)NC(c2nccs2)=NC1. The van der Waals surface area contributed by atoms with E-state index in [-0.39, 0.29) is 32.8 Å². The number of rotatable bonds is 7. The van der Waals surface area contributed by atoms with Gasteiger partial charge >= 0.3 is 11.9 Å². The minimum Gasteiger partial charge on any atom is -0.480 e. The van der Waals surface area contributed by atoms with Crippen molar-refractivity contribution in [3.63, 3.8) is 0 Å². The standard InChI is InChI=1S/C20H25F2N5O4S/c1-3-31-19(30)12-6-24-16(17-23-4-5-32-17)25-14(12)8-27-10-20(21,22)13-7-26(9-15(13)27)11(2)18(28)29/h4-5,11,13,15H,3,6-10H2,1-2H3,(H,24,25)(H,28,29). The third kappa shape index (κ3) is 4.26. The number of aromatic nitrogens is 1. The molecule has 1 aromatic rings. The number of alkyl halides is 2. The highest BCUT2D eigenvalue weighted by Gasteiger charge is 2.58. The Morgan fingerprint density at radius 1 is 1.44 bits per heavy atom. The van der Waals surface area contributed by atoms with Gasteiger partial charge in [0.2, 0.25) is 0 Å². The molecular formula is C20H25F2N5O4S. The molecular weight excluding hydrogens is 444 g/mol. The highest BCUT2D eigenvalue weighted by atomic mass is 32.1. The number of esters is 1. The number of hydrogen-bond donors (Lipinski definition) is 2. The van der Waals surface area contributed by atoms with E-state index in [1.54, 1.807) is 28.3 Å². The lowest BCUT2D eigenvalue weighted by Crippen LogP contribution is -2.45. The van der Waals surface area contributed by atoms with Crippen LogP contribution < -0.4 is 5.32 Å². The first-order valence-corrected chi connectivity index (χ1v) is 11.3. The fourth-order valence-electron chi connectivity index (χ4n) is 4.47. The van der Waals surface area contributed by atoms with Gasteiger partial charge in [-0.1, -0.05) is 0 Å². The first kappa shape index (κ1) is 22.7. The molecule has 174 valence electrons. The molecule has 3 aliphatic rings. The van der Waals surface area contributed by atoms with Gasteiger partial charge in [-0.15, -0.1) is 11.3 Å². The maximum Gasteiger partial charge on any atom is 0.337 e. The molecule has 1 aromatic heterocycles. The lowest BCUT2D eigenvalue weighted by atomic mass is 10.0. The quantitative estimate of drug-likeness (QED) is 0.571. The van der Waals surface area contributed by atoms with Crippen LogP contribution in [0.1, 0.15) is 18.9 Å². The summed E-state index contributed by atoms with van der Waals surface area (Å²) < 4.78 is 34.8. The van der Waals surface area contributed by atoms with Crippen LogP contribution in [0.25, 0.3) is 0 Å². The van der Waals surface area contributed by atoms with E-state index in [1.165, 1.54) is 18.3 Å². The number of aliphatic imine (C=N–C) groups is 1. The number of hydrogen-bond acceptors (Lipinski definition) is 9. The van der Waals surface area contributed by atoms with Crippen molar-refractivity contribution in [2.45, 2.75) is 31.9 Å². The summed E-state index contributed by atoms with van der Waals surface area (Å²) in [4.78, 5) is 35.7. The largest absolute Gasteiger partial charge is 0.480 e. The first-order chi connectivity index (χ1) is 15.2. The minimum atomic E-state index is -2.96. The Kier molecular flexibility index (Phi) is 6.28. The Bertz CT molecular complexity index is 952. The average molecular weight is 470 g/mol. The van der Waals surface area contributed by atoms with Crippen molar-refractivity contribution in [2.75, 3.05) is 39.3 Å². The number of ether oxygens (including phenoxy) is 1. The molecule has 2 saturated heterocycles. The van der Waals surface area contributed by atoms with Gasteiger partial charge < -0.3 is 15.2 Å². The van der Waals surface area contributed by atoms with E-state index in [2.05, 4.69) is 15.3 Å². The minimum absolute atomic E-state index is 0.0185. The summed E-state index contributed by atoms with van der Waals surface area (Å²) >= 11 is 1.38. The molecule has 0 spiro atoms. The number of thiazole rings is 1. The normalized spacial score (nSPS) is 26.4. The zero-order valence-corrected chi connectivity index (χ0v) is 18.6. The number of carbonyl (C=O) groups excluding carboxylic acids is 1. The molecule has 0 aromatic carbocycles. The monoisotopic (exact) mass is 469 g/mol. The Labute approximate surface area is 187 Å². The third-order valence-electron chi connectivity index (χ3n) is 6.19. The summed E-state index contributed by atoms with van der Waals surface area (Å²) in [7, 11) is 0. The molecule has 0 saturated carbocycles. The first-order valence-electron chi connectivity index (χ1n) is 10.4. The van der Waals surface area contributed by atoms with Gasteiger partial charge in [-0.05, 0) is 13.8 Å². The predicted molar refractivity (Wildman–Crippen MR) is 113 cm³/mol. The zero-order chi connectivity index (χ0) is 23.0. The summed E-state index contributed by atoms with van der Waals surface area (Å²) in [6, 6.07) is -1.37. The van der Waals surface area contributed by atoms with Gasteiger partial charge in [-0.3, -0.25) is 19.6 Å². The van der Waals surface area contributed by atoms with Gasteiger partial charge in [0.1, 0.15) is 6.04 Å². The molecule has 9 nitrogen and oxygen atoms in total. The van der Waals surface area contributed by atoms with Crippen molar-refractivity contribution in [2.24, 2.45) is 10.9 Å². The second-order valence-corrected chi connectivity index (χ2v) is 9.01. The summed E-state index contributed by atoms with van der Waals surface area (Å²) in [6.45, 7) is 3.32. The lowest BCUT2D eigenvalue weighted by Gasteiger charge is -2.29. The van der Waals surface area contributed by atoms with Crippen LogP contribution in [-0.4, -0.2) is 95.0 Å². The number of nitrogens with one attached hydrogen (secondary N) is 1. The molecule has 0 amide bonds. The highest BCUT2D eigenvalue weighted by Crippen LogP contribution is 2.43. The molecule has 0 aliphatic carbocycles. The molecule has 2 fully saturated rings. The Morgan fingerprint density at radius 2 is 2.22 bits per heavy atom. The van der Waals surface area contributed by atoms with E-state index in [1.807, 2.05) is 0 Å². The number of carboxylic acid groups (broad SMARTS) is 1. The van der Waals surface area contributed by atoms with Crippen LogP contribution in [0, 0.1) is 5.92 Å². The highest BCUT2D eigenvalue weighted by molar-refractivity contribution is 7.11. The Balaban J connectivity index is 1.58. The number of likely N-dealkylation sites (tertiary alicyclic amines) is 2. The van der Waals surface area contributed by atoms with Gasteiger partial charge in [0.25, 0.3) is 5.92 Å². The molecule has 4 heterocycles. The van der Waals surface area contributed by atoms with E-state index < -0.39 is 42.4 Å². The lowest BCUT2D eigenvalue weighted by molar-refractivity contribution is -0.143. The van der Waals surface area contributed by atoms with Gasteiger partial charge in [-0.25, -0.2) is 18.6 Å². The molecule has 0 radical (unpaired) electrons. The molecule has 3 unspecified atom stereocenters. The second kappa shape index (κ2) is 8.83. The van der Waals surface area contributed by atoms with E-state index in [0.717, 1.165) is 0 Å². The van der Waals surface area contributed by atoms with Crippen LogP contribution in [0.5, 0.6) is 0 Å². The van der Waals surface area contributed by atoms with Crippen molar-refractivity contribution < 1.29 is 28.2 Å². The smallest absolute Gasteiger partial charge is 0.337 e. The molecule has 0 bridgehead atoms. The van der Waals surface area contributed by atoms with Crippen molar-refractivity contribution in [3.8, 4) is 0 Å².